The molecule has 1 aromatic rings. The zero-order chi connectivity index (χ0) is 17.9. The van der Waals surface area contributed by atoms with Gasteiger partial charge in [0.25, 0.3) is 0 Å². The third kappa shape index (κ3) is 4.07. The molecule has 24 heavy (non-hydrogen) atoms. The van der Waals surface area contributed by atoms with Gasteiger partial charge >= 0.3 is 0 Å². The Kier molecular flexibility index (Phi) is 5.86. The minimum Gasteiger partial charge on any atom is -0.304 e. The van der Waals surface area contributed by atoms with Gasteiger partial charge in [0.2, 0.25) is 5.91 Å². The van der Waals surface area contributed by atoms with E-state index < -0.39 is 15.9 Å². The number of nitrogens with zero attached hydrogens (tertiary/aromatic N) is 1. The smallest absolute Gasteiger partial charge is 0.230 e. The molecule has 0 saturated heterocycles. The van der Waals surface area contributed by atoms with Crippen LogP contribution < -0.4 is 4.90 Å². The summed E-state index contributed by atoms with van der Waals surface area (Å²) < 4.78 is 23.7. The predicted octanol–water partition coefficient (Wildman–Crippen LogP) is 3.89. The van der Waals surface area contributed by atoms with Crippen molar-refractivity contribution in [2.45, 2.75) is 52.5 Å². The molecule has 0 aromatic heterocycles. The van der Waals surface area contributed by atoms with Crippen LogP contribution >= 0.6 is 0 Å². The molecule has 2 rings (SSSR count). The van der Waals surface area contributed by atoms with Crippen molar-refractivity contribution in [3.05, 3.63) is 41.3 Å². The molecule has 0 spiro atoms. The van der Waals surface area contributed by atoms with Crippen molar-refractivity contribution in [2.24, 2.45) is 5.92 Å². The Hall–Kier alpha value is -1.62. The normalized spacial score (nSPS) is 19.2. The van der Waals surface area contributed by atoms with Crippen molar-refractivity contribution in [2.75, 3.05) is 10.7 Å². The van der Waals surface area contributed by atoms with Crippen LogP contribution in [0.4, 0.5) is 5.69 Å². The molecule has 0 N–H and O–H groups in total. The van der Waals surface area contributed by atoms with Gasteiger partial charge in [-0.15, -0.1) is 0 Å². The third-order valence-corrected chi connectivity index (χ3v) is 6.03. The predicted molar refractivity (Wildman–Crippen MR) is 98.8 cm³/mol. The summed E-state index contributed by atoms with van der Waals surface area (Å²) in [6.07, 6.45) is 3.13. The van der Waals surface area contributed by atoms with Crippen LogP contribution in [0.5, 0.6) is 0 Å². The van der Waals surface area contributed by atoms with Gasteiger partial charge in [0.05, 0.1) is 11.8 Å². The van der Waals surface area contributed by atoms with E-state index in [1.54, 1.807) is 11.0 Å². The van der Waals surface area contributed by atoms with E-state index in [1.807, 2.05) is 38.1 Å². The molecular weight excluding hydrogens is 322 g/mol. The lowest BCUT2D eigenvalue weighted by Gasteiger charge is -2.31. The first-order valence-electron chi connectivity index (χ1n) is 8.63. The second kappa shape index (κ2) is 7.51. The fourth-order valence-corrected chi connectivity index (χ4v) is 4.32. The molecule has 4 nitrogen and oxygen atoms in total. The van der Waals surface area contributed by atoms with Gasteiger partial charge in [0, 0.05) is 17.0 Å². The number of sulfone groups is 1. The monoisotopic (exact) mass is 349 g/mol. The summed E-state index contributed by atoms with van der Waals surface area (Å²) in [5.41, 5.74) is 1.96. The van der Waals surface area contributed by atoms with E-state index in [9.17, 15) is 13.2 Å². The number of carbonyl (C=O) groups is 1. The van der Waals surface area contributed by atoms with Crippen LogP contribution in [-0.4, -0.2) is 26.1 Å². The summed E-state index contributed by atoms with van der Waals surface area (Å²) in [6.45, 7) is 8.23. The van der Waals surface area contributed by atoms with Crippen LogP contribution in [0.2, 0.25) is 0 Å². The SMILES string of the molecule is CCC(CC)C(=O)N(c1ccc(C(C)C)cc1)[C@H]1C=CS(=O)(=O)C1. The zero-order valence-electron chi connectivity index (χ0n) is 14.9. The van der Waals surface area contributed by atoms with Gasteiger partial charge in [-0.05, 0) is 42.5 Å². The lowest BCUT2D eigenvalue weighted by Crippen LogP contribution is -2.44. The third-order valence-electron chi connectivity index (χ3n) is 4.65. The molecule has 1 aliphatic heterocycles. The lowest BCUT2D eigenvalue weighted by molar-refractivity contribution is -0.122. The molecule has 132 valence electrons. The molecule has 1 amide bonds. The Bertz CT molecular complexity index is 701. The molecule has 0 unspecified atom stereocenters. The highest BCUT2D eigenvalue weighted by atomic mass is 32.2. The van der Waals surface area contributed by atoms with Gasteiger partial charge in [-0.1, -0.05) is 39.8 Å². The van der Waals surface area contributed by atoms with Gasteiger partial charge in [0.1, 0.15) is 0 Å². The fraction of sp³-hybridized carbons (Fsp3) is 0.526. The van der Waals surface area contributed by atoms with Crippen LogP contribution in [0.25, 0.3) is 0 Å². The number of carbonyl (C=O) groups excluding carboxylic acids is 1. The Labute approximate surface area is 145 Å². The number of rotatable bonds is 6. The minimum atomic E-state index is -3.22. The average Bonchev–Trinajstić information content (AvgIpc) is 2.89. The molecule has 1 aromatic carbocycles. The standard InChI is InChI=1S/C19H27NO3S/c1-5-15(6-2)19(21)20(18-11-12-24(22,23)13-18)17-9-7-16(8-10-17)14(3)4/h7-12,14-15,18H,5-6,13H2,1-4H3/t18-/m0/s1. The summed E-state index contributed by atoms with van der Waals surface area (Å²) in [5.74, 6) is 0.287. The van der Waals surface area contributed by atoms with E-state index in [0.29, 0.717) is 5.92 Å². The van der Waals surface area contributed by atoms with Crippen molar-refractivity contribution in [3.8, 4) is 0 Å². The van der Waals surface area contributed by atoms with Crippen molar-refractivity contribution in [1.29, 1.82) is 0 Å². The molecular formula is C19H27NO3S. The molecule has 5 heteroatoms. The molecule has 0 bridgehead atoms. The molecule has 0 aliphatic carbocycles. The first kappa shape index (κ1) is 18.7. The molecule has 1 heterocycles. The average molecular weight is 349 g/mol. The van der Waals surface area contributed by atoms with Crippen molar-refractivity contribution >= 4 is 21.4 Å². The second-order valence-electron chi connectivity index (χ2n) is 6.69. The second-order valence-corrected chi connectivity index (χ2v) is 8.62. The minimum absolute atomic E-state index is 0.00375. The van der Waals surface area contributed by atoms with E-state index >= 15 is 0 Å². The highest BCUT2D eigenvalue weighted by Gasteiger charge is 2.33. The first-order valence-corrected chi connectivity index (χ1v) is 10.3. The van der Waals surface area contributed by atoms with E-state index in [0.717, 1.165) is 18.5 Å². The number of benzene rings is 1. The van der Waals surface area contributed by atoms with Crippen LogP contribution in [-0.2, 0) is 14.6 Å². The summed E-state index contributed by atoms with van der Waals surface area (Å²) in [5, 5.41) is 1.23. The van der Waals surface area contributed by atoms with Gasteiger partial charge < -0.3 is 4.90 Å². The molecule has 0 saturated carbocycles. The molecule has 0 radical (unpaired) electrons. The van der Waals surface area contributed by atoms with Crippen molar-refractivity contribution < 1.29 is 13.2 Å². The van der Waals surface area contributed by atoms with Gasteiger partial charge in [-0.3, -0.25) is 4.79 Å². The number of amides is 1. The van der Waals surface area contributed by atoms with E-state index in [4.69, 9.17) is 0 Å². The quantitative estimate of drug-likeness (QED) is 0.783. The Morgan fingerprint density at radius 2 is 1.75 bits per heavy atom. The Morgan fingerprint density at radius 3 is 2.17 bits per heavy atom. The van der Waals surface area contributed by atoms with Crippen LogP contribution in [0, 0.1) is 5.92 Å². The Morgan fingerprint density at radius 1 is 1.17 bits per heavy atom. The number of anilines is 1. The maximum atomic E-state index is 13.0. The van der Waals surface area contributed by atoms with Crippen molar-refractivity contribution in [1.82, 2.24) is 0 Å². The Balaban J connectivity index is 2.39. The van der Waals surface area contributed by atoms with Gasteiger partial charge in [0.15, 0.2) is 9.84 Å². The van der Waals surface area contributed by atoms with Crippen LogP contribution in [0.3, 0.4) is 0 Å². The van der Waals surface area contributed by atoms with Gasteiger partial charge in [-0.2, -0.15) is 0 Å². The number of hydrogen-bond donors (Lipinski definition) is 0. The summed E-state index contributed by atoms with van der Waals surface area (Å²) >= 11 is 0. The first-order chi connectivity index (χ1) is 11.3. The summed E-state index contributed by atoms with van der Waals surface area (Å²) in [7, 11) is -3.22. The molecule has 0 fully saturated rings. The van der Waals surface area contributed by atoms with Crippen LogP contribution in [0.1, 0.15) is 52.0 Å². The van der Waals surface area contributed by atoms with E-state index in [1.165, 1.54) is 11.0 Å². The number of hydrogen-bond acceptors (Lipinski definition) is 3. The summed E-state index contributed by atoms with van der Waals surface area (Å²) in [6, 6.07) is 7.46. The van der Waals surface area contributed by atoms with Crippen molar-refractivity contribution in [3.63, 3.8) is 0 Å². The van der Waals surface area contributed by atoms with Crippen LogP contribution in [0.15, 0.2) is 35.7 Å². The van der Waals surface area contributed by atoms with E-state index in [2.05, 4.69) is 13.8 Å². The topological polar surface area (TPSA) is 54.5 Å². The lowest BCUT2D eigenvalue weighted by atomic mass is 9.99. The largest absolute Gasteiger partial charge is 0.304 e. The highest BCUT2D eigenvalue weighted by Crippen LogP contribution is 2.28. The van der Waals surface area contributed by atoms with Gasteiger partial charge in [-0.25, -0.2) is 8.42 Å². The summed E-state index contributed by atoms with van der Waals surface area (Å²) in [4.78, 5) is 14.7. The maximum absolute atomic E-state index is 13.0. The van der Waals surface area contributed by atoms with E-state index in [-0.39, 0.29) is 17.6 Å². The maximum Gasteiger partial charge on any atom is 0.230 e. The fourth-order valence-electron chi connectivity index (χ4n) is 3.06. The molecule has 1 aliphatic rings. The molecule has 1 atom stereocenters. The highest BCUT2D eigenvalue weighted by molar-refractivity contribution is 7.94. The zero-order valence-corrected chi connectivity index (χ0v) is 15.7.